The Kier molecular flexibility index (Phi) is 3.59. The van der Waals surface area contributed by atoms with Gasteiger partial charge in [-0.15, -0.1) is 0 Å². The average molecular weight is 313 g/mol. The molecule has 2 saturated heterocycles. The van der Waals surface area contributed by atoms with E-state index in [1.165, 1.54) is 0 Å². The van der Waals surface area contributed by atoms with Gasteiger partial charge < -0.3 is 14.2 Å². The fourth-order valence-electron chi connectivity index (χ4n) is 2.67. The molecular weight excluding hydrogens is 296 g/mol. The number of rotatable bonds is 2. The van der Waals surface area contributed by atoms with Crippen LogP contribution in [0.3, 0.4) is 0 Å². The van der Waals surface area contributed by atoms with Crippen LogP contribution in [0.4, 0.5) is 0 Å². The maximum Gasteiger partial charge on any atom is 0.133 e. The molecule has 0 N–H and O–H groups in total. The maximum atomic E-state index is 6.09. The van der Waals surface area contributed by atoms with Gasteiger partial charge in [-0.05, 0) is 28.1 Å². The van der Waals surface area contributed by atoms with Crippen LogP contribution in [0.1, 0.15) is 19.3 Å². The first kappa shape index (κ1) is 12.5. The lowest BCUT2D eigenvalue weighted by Crippen LogP contribution is -2.44. The van der Waals surface area contributed by atoms with Gasteiger partial charge in [0.1, 0.15) is 11.9 Å². The van der Waals surface area contributed by atoms with E-state index in [-0.39, 0.29) is 11.7 Å². The van der Waals surface area contributed by atoms with Crippen molar-refractivity contribution < 1.29 is 14.2 Å². The summed E-state index contributed by atoms with van der Waals surface area (Å²) in [5.41, 5.74) is -0.0931. The zero-order chi connectivity index (χ0) is 12.4. The lowest BCUT2D eigenvalue weighted by Gasteiger charge is -2.37. The Morgan fingerprint density at radius 2 is 2.17 bits per heavy atom. The molecule has 0 aliphatic carbocycles. The van der Waals surface area contributed by atoms with Crippen LogP contribution in [0.5, 0.6) is 5.75 Å². The van der Waals surface area contributed by atoms with Crippen LogP contribution < -0.4 is 4.74 Å². The van der Waals surface area contributed by atoms with E-state index in [4.69, 9.17) is 14.2 Å². The SMILES string of the molecule is Brc1ccccc1OC1CCOC2(CCOC2)C1. The number of benzene rings is 1. The molecule has 1 spiro atoms. The van der Waals surface area contributed by atoms with E-state index in [2.05, 4.69) is 15.9 Å². The Labute approximate surface area is 116 Å². The summed E-state index contributed by atoms with van der Waals surface area (Å²) in [6.45, 7) is 2.28. The van der Waals surface area contributed by atoms with Gasteiger partial charge in [0, 0.05) is 25.9 Å². The van der Waals surface area contributed by atoms with E-state index >= 15 is 0 Å². The highest BCUT2D eigenvalue weighted by Gasteiger charge is 2.41. The Morgan fingerprint density at radius 3 is 2.94 bits per heavy atom. The van der Waals surface area contributed by atoms with E-state index in [1.807, 2.05) is 24.3 Å². The molecule has 2 aliphatic heterocycles. The predicted molar refractivity (Wildman–Crippen MR) is 71.9 cm³/mol. The van der Waals surface area contributed by atoms with Gasteiger partial charge in [-0.25, -0.2) is 0 Å². The van der Waals surface area contributed by atoms with Gasteiger partial charge in [0.2, 0.25) is 0 Å². The second-order valence-corrected chi connectivity index (χ2v) is 5.85. The Bertz CT molecular complexity index is 415. The Hall–Kier alpha value is -0.580. The van der Waals surface area contributed by atoms with E-state index < -0.39 is 0 Å². The molecule has 2 unspecified atom stereocenters. The predicted octanol–water partition coefficient (Wildman–Crippen LogP) is 3.17. The summed E-state index contributed by atoms with van der Waals surface area (Å²) < 4.78 is 18.5. The number of ether oxygens (including phenoxy) is 3. The molecular formula is C14H17BrO3. The summed E-state index contributed by atoms with van der Waals surface area (Å²) in [7, 11) is 0. The Morgan fingerprint density at radius 1 is 1.28 bits per heavy atom. The zero-order valence-corrected chi connectivity index (χ0v) is 11.8. The largest absolute Gasteiger partial charge is 0.489 e. The first-order valence-corrected chi connectivity index (χ1v) is 7.20. The summed E-state index contributed by atoms with van der Waals surface area (Å²) >= 11 is 3.52. The van der Waals surface area contributed by atoms with Crippen LogP contribution in [-0.2, 0) is 9.47 Å². The van der Waals surface area contributed by atoms with Crippen molar-refractivity contribution in [3.8, 4) is 5.75 Å². The van der Waals surface area contributed by atoms with Crippen LogP contribution in [0.2, 0.25) is 0 Å². The van der Waals surface area contributed by atoms with Crippen molar-refractivity contribution in [2.45, 2.75) is 31.0 Å². The highest BCUT2D eigenvalue weighted by atomic mass is 79.9. The lowest BCUT2D eigenvalue weighted by molar-refractivity contribution is -0.112. The molecule has 0 radical (unpaired) electrons. The molecule has 18 heavy (non-hydrogen) atoms. The molecule has 0 aromatic heterocycles. The number of hydrogen-bond donors (Lipinski definition) is 0. The minimum absolute atomic E-state index is 0.0931. The van der Waals surface area contributed by atoms with Gasteiger partial charge in [0.25, 0.3) is 0 Å². The third-order valence-corrected chi connectivity index (χ3v) is 4.30. The molecule has 0 amide bonds. The summed E-state index contributed by atoms with van der Waals surface area (Å²) in [4.78, 5) is 0. The normalized spacial score (nSPS) is 31.7. The van der Waals surface area contributed by atoms with E-state index in [0.29, 0.717) is 6.61 Å². The monoisotopic (exact) mass is 312 g/mol. The standard InChI is InChI=1S/C14H17BrO3/c15-12-3-1-2-4-13(12)18-11-5-7-17-14(9-11)6-8-16-10-14/h1-4,11H,5-10H2. The smallest absolute Gasteiger partial charge is 0.133 e. The van der Waals surface area contributed by atoms with Gasteiger partial charge in [0.15, 0.2) is 0 Å². The fourth-order valence-corrected chi connectivity index (χ4v) is 3.04. The highest BCUT2D eigenvalue weighted by Crippen LogP contribution is 2.35. The average Bonchev–Trinajstić information content (AvgIpc) is 2.80. The molecule has 0 bridgehead atoms. The maximum absolute atomic E-state index is 6.09. The van der Waals surface area contributed by atoms with Crippen molar-refractivity contribution >= 4 is 15.9 Å². The topological polar surface area (TPSA) is 27.7 Å². The van der Waals surface area contributed by atoms with Crippen molar-refractivity contribution in [2.75, 3.05) is 19.8 Å². The van der Waals surface area contributed by atoms with Gasteiger partial charge >= 0.3 is 0 Å². The lowest BCUT2D eigenvalue weighted by atomic mass is 9.91. The van der Waals surface area contributed by atoms with Crippen molar-refractivity contribution in [3.05, 3.63) is 28.7 Å². The first-order valence-electron chi connectivity index (χ1n) is 6.40. The summed E-state index contributed by atoms with van der Waals surface area (Å²) in [6, 6.07) is 7.99. The van der Waals surface area contributed by atoms with Crippen LogP contribution in [0.15, 0.2) is 28.7 Å². The number of para-hydroxylation sites is 1. The summed E-state index contributed by atoms with van der Waals surface area (Å²) in [5.74, 6) is 0.915. The highest BCUT2D eigenvalue weighted by molar-refractivity contribution is 9.10. The second-order valence-electron chi connectivity index (χ2n) is 5.00. The summed E-state index contributed by atoms with van der Waals surface area (Å²) in [6.07, 6.45) is 3.08. The second kappa shape index (κ2) is 5.19. The molecule has 2 aliphatic rings. The summed E-state index contributed by atoms with van der Waals surface area (Å²) in [5, 5.41) is 0. The molecule has 98 valence electrons. The third-order valence-electron chi connectivity index (χ3n) is 3.65. The first-order chi connectivity index (χ1) is 8.77. The third kappa shape index (κ3) is 2.56. The zero-order valence-electron chi connectivity index (χ0n) is 10.2. The number of hydrogen-bond acceptors (Lipinski definition) is 3. The van der Waals surface area contributed by atoms with Crippen LogP contribution in [-0.4, -0.2) is 31.5 Å². The van der Waals surface area contributed by atoms with Crippen LogP contribution >= 0.6 is 15.9 Å². The molecule has 1 aromatic carbocycles. The number of halogens is 1. The van der Waals surface area contributed by atoms with Crippen molar-refractivity contribution in [2.24, 2.45) is 0 Å². The fraction of sp³-hybridized carbons (Fsp3) is 0.571. The van der Waals surface area contributed by atoms with Gasteiger partial charge in [-0.3, -0.25) is 0 Å². The van der Waals surface area contributed by atoms with Crippen molar-refractivity contribution in [1.29, 1.82) is 0 Å². The van der Waals surface area contributed by atoms with Crippen molar-refractivity contribution in [3.63, 3.8) is 0 Å². The molecule has 2 fully saturated rings. The minimum Gasteiger partial charge on any atom is -0.489 e. The van der Waals surface area contributed by atoms with Crippen LogP contribution in [0.25, 0.3) is 0 Å². The van der Waals surface area contributed by atoms with Crippen LogP contribution in [0, 0.1) is 0 Å². The molecule has 2 heterocycles. The molecule has 0 saturated carbocycles. The Balaban J connectivity index is 1.68. The molecule has 3 rings (SSSR count). The molecule has 2 atom stereocenters. The van der Waals surface area contributed by atoms with E-state index in [9.17, 15) is 0 Å². The minimum atomic E-state index is -0.0931. The van der Waals surface area contributed by atoms with Gasteiger partial charge in [-0.2, -0.15) is 0 Å². The quantitative estimate of drug-likeness (QED) is 0.839. The van der Waals surface area contributed by atoms with Gasteiger partial charge in [0.05, 0.1) is 23.3 Å². The van der Waals surface area contributed by atoms with Crippen molar-refractivity contribution in [1.82, 2.24) is 0 Å². The molecule has 4 heteroatoms. The van der Waals surface area contributed by atoms with Gasteiger partial charge in [-0.1, -0.05) is 12.1 Å². The van der Waals surface area contributed by atoms with E-state index in [1.54, 1.807) is 0 Å². The molecule has 3 nitrogen and oxygen atoms in total. The molecule has 1 aromatic rings. The van der Waals surface area contributed by atoms with E-state index in [0.717, 1.165) is 42.7 Å².